The van der Waals surface area contributed by atoms with Crippen LogP contribution in [-0.4, -0.2) is 26.0 Å². The van der Waals surface area contributed by atoms with Gasteiger partial charge in [-0.3, -0.25) is 4.90 Å². The Balaban J connectivity index is 1.67. The van der Waals surface area contributed by atoms with Gasteiger partial charge in [0.25, 0.3) is 0 Å². The Labute approximate surface area is 129 Å². The average molecular weight is 294 g/mol. The van der Waals surface area contributed by atoms with Gasteiger partial charge in [-0.2, -0.15) is 0 Å². The fourth-order valence-electron chi connectivity index (χ4n) is 2.96. The quantitative estimate of drug-likeness (QED) is 0.744. The van der Waals surface area contributed by atoms with Crippen LogP contribution in [0, 0.1) is 0 Å². The summed E-state index contributed by atoms with van der Waals surface area (Å²) in [7, 11) is 2.04. The summed E-state index contributed by atoms with van der Waals surface area (Å²) in [5.41, 5.74) is 3.38. The Kier molecular flexibility index (Phi) is 3.08. The van der Waals surface area contributed by atoms with Crippen molar-refractivity contribution in [2.24, 2.45) is 7.05 Å². The van der Waals surface area contributed by atoms with Crippen molar-refractivity contribution in [3.05, 3.63) is 48.0 Å². The van der Waals surface area contributed by atoms with Crippen LogP contribution in [0.5, 0.6) is 11.6 Å². The van der Waals surface area contributed by atoms with Gasteiger partial charge in [-0.05, 0) is 30.8 Å². The highest BCUT2D eigenvalue weighted by Crippen LogP contribution is 2.31. The summed E-state index contributed by atoms with van der Waals surface area (Å²) in [6.07, 6.45) is 3.64. The summed E-state index contributed by atoms with van der Waals surface area (Å²) in [4.78, 5) is 11.0. The zero-order valence-corrected chi connectivity index (χ0v) is 12.8. The second-order valence-corrected chi connectivity index (χ2v) is 5.66. The van der Waals surface area contributed by atoms with Crippen LogP contribution in [0.25, 0.3) is 10.9 Å². The Morgan fingerprint density at radius 1 is 1.18 bits per heavy atom. The molecule has 0 bridgehead atoms. The monoisotopic (exact) mass is 294 g/mol. The fraction of sp³-hybridized carbons (Fsp3) is 0.294. The van der Waals surface area contributed by atoms with Gasteiger partial charge < -0.3 is 9.30 Å². The first-order valence-corrected chi connectivity index (χ1v) is 7.52. The zero-order valence-electron chi connectivity index (χ0n) is 12.8. The lowest BCUT2D eigenvalue weighted by Gasteiger charge is -2.10. The largest absolute Gasteiger partial charge is 0.439 e. The molecule has 0 unspecified atom stereocenters. The minimum Gasteiger partial charge on any atom is -0.439 e. The molecule has 22 heavy (non-hydrogen) atoms. The molecule has 5 nitrogen and oxygen atoms in total. The number of nitrogens with zero attached hydrogens (tertiary/aromatic N) is 4. The normalized spacial score (nSPS) is 14.5. The molecule has 3 heterocycles. The molecule has 0 radical (unpaired) electrons. The second-order valence-electron chi connectivity index (χ2n) is 5.66. The number of rotatable bonds is 3. The van der Waals surface area contributed by atoms with E-state index in [4.69, 9.17) is 4.74 Å². The lowest BCUT2D eigenvalue weighted by Crippen LogP contribution is -2.14. The van der Waals surface area contributed by atoms with E-state index in [1.165, 1.54) is 10.9 Å². The number of aromatic nitrogens is 3. The predicted molar refractivity (Wildman–Crippen MR) is 84.8 cm³/mol. The Morgan fingerprint density at radius 3 is 2.95 bits per heavy atom. The van der Waals surface area contributed by atoms with Gasteiger partial charge in [0.2, 0.25) is 5.88 Å². The molecule has 112 valence electrons. The lowest BCUT2D eigenvalue weighted by atomic mass is 10.2. The van der Waals surface area contributed by atoms with Gasteiger partial charge >= 0.3 is 0 Å². The molecular formula is C17H18N4O. The van der Waals surface area contributed by atoms with Crippen molar-refractivity contribution in [2.75, 3.05) is 6.54 Å². The molecule has 0 atom stereocenters. The van der Waals surface area contributed by atoms with Gasteiger partial charge in [0.15, 0.2) is 0 Å². The van der Waals surface area contributed by atoms with E-state index < -0.39 is 0 Å². The molecule has 0 N–H and O–H groups in total. The highest BCUT2D eigenvalue weighted by molar-refractivity contribution is 5.81. The Hall–Kier alpha value is -2.40. The van der Waals surface area contributed by atoms with Crippen molar-refractivity contribution in [2.45, 2.75) is 20.0 Å². The third kappa shape index (κ3) is 2.14. The van der Waals surface area contributed by atoms with Crippen molar-refractivity contribution >= 4 is 10.9 Å². The van der Waals surface area contributed by atoms with Gasteiger partial charge in [0.1, 0.15) is 12.1 Å². The van der Waals surface area contributed by atoms with E-state index >= 15 is 0 Å². The number of hydrogen-bond acceptors (Lipinski definition) is 4. The van der Waals surface area contributed by atoms with Gasteiger partial charge in [-0.15, -0.1) is 0 Å². The number of ether oxygens (including phenoxy) is 1. The molecule has 0 saturated heterocycles. The van der Waals surface area contributed by atoms with Gasteiger partial charge in [-0.25, -0.2) is 9.97 Å². The van der Waals surface area contributed by atoms with Crippen molar-refractivity contribution in [3.63, 3.8) is 0 Å². The van der Waals surface area contributed by atoms with Crippen LogP contribution in [0.15, 0.2) is 36.8 Å². The van der Waals surface area contributed by atoms with Crippen LogP contribution in [0.3, 0.4) is 0 Å². The minimum absolute atomic E-state index is 0.677. The molecule has 0 fully saturated rings. The maximum absolute atomic E-state index is 6.04. The second kappa shape index (κ2) is 5.10. The first-order chi connectivity index (χ1) is 10.7. The van der Waals surface area contributed by atoms with Gasteiger partial charge in [0.05, 0.1) is 11.3 Å². The van der Waals surface area contributed by atoms with Crippen LogP contribution in [0.2, 0.25) is 0 Å². The van der Waals surface area contributed by atoms with E-state index in [-0.39, 0.29) is 0 Å². The number of benzene rings is 1. The van der Waals surface area contributed by atoms with E-state index in [9.17, 15) is 0 Å². The molecule has 0 amide bonds. The molecule has 0 saturated carbocycles. The zero-order chi connectivity index (χ0) is 15.1. The molecule has 3 aromatic rings. The average Bonchev–Trinajstić information content (AvgIpc) is 3.12. The summed E-state index contributed by atoms with van der Waals surface area (Å²) >= 11 is 0. The molecule has 0 aliphatic carbocycles. The highest BCUT2D eigenvalue weighted by atomic mass is 16.5. The number of hydrogen-bond donors (Lipinski definition) is 0. The SMILES string of the molecule is CCN1Cc2ncnc(Oc3ccc4c(ccn4C)c3)c2C1. The van der Waals surface area contributed by atoms with Crippen LogP contribution in [-0.2, 0) is 20.1 Å². The molecular weight excluding hydrogens is 276 g/mol. The van der Waals surface area contributed by atoms with Crippen molar-refractivity contribution in [3.8, 4) is 11.6 Å². The van der Waals surface area contributed by atoms with E-state index in [2.05, 4.69) is 50.8 Å². The van der Waals surface area contributed by atoms with Gasteiger partial charge in [-0.1, -0.05) is 6.92 Å². The lowest BCUT2D eigenvalue weighted by molar-refractivity contribution is 0.297. The van der Waals surface area contributed by atoms with E-state index in [1.54, 1.807) is 6.33 Å². The van der Waals surface area contributed by atoms with E-state index in [0.717, 1.165) is 36.6 Å². The molecule has 0 spiro atoms. The molecule has 1 aliphatic rings. The minimum atomic E-state index is 0.677. The van der Waals surface area contributed by atoms with Crippen LogP contribution >= 0.6 is 0 Å². The fourth-order valence-corrected chi connectivity index (χ4v) is 2.96. The number of fused-ring (bicyclic) bond motifs is 2. The maximum Gasteiger partial charge on any atom is 0.227 e. The Morgan fingerprint density at radius 2 is 2.09 bits per heavy atom. The molecule has 1 aromatic carbocycles. The Bertz CT molecular complexity index is 840. The molecule has 4 rings (SSSR count). The third-order valence-corrected chi connectivity index (χ3v) is 4.27. The number of aryl methyl sites for hydroxylation is 1. The summed E-state index contributed by atoms with van der Waals surface area (Å²) < 4.78 is 8.14. The third-order valence-electron chi connectivity index (χ3n) is 4.27. The molecule has 5 heteroatoms. The molecule has 2 aromatic heterocycles. The highest BCUT2D eigenvalue weighted by Gasteiger charge is 2.23. The molecule has 1 aliphatic heterocycles. The first-order valence-electron chi connectivity index (χ1n) is 7.52. The summed E-state index contributed by atoms with van der Waals surface area (Å²) in [5.74, 6) is 1.49. The van der Waals surface area contributed by atoms with Crippen LogP contribution in [0.1, 0.15) is 18.2 Å². The van der Waals surface area contributed by atoms with E-state index in [0.29, 0.717) is 5.88 Å². The maximum atomic E-state index is 6.04. The van der Waals surface area contributed by atoms with Crippen molar-refractivity contribution in [1.82, 2.24) is 19.4 Å². The van der Waals surface area contributed by atoms with Crippen LogP contribution < -0.4 is 4.74 Å². The predicted octanol–water partition coefficient (Wildman–Crippen LogP) is 3.10. The van der Waals surface area contributed by atoms with Crippen molar-refractivity contribution < 1.29 is 4.74 Å². The van der Waals surface area contributed by atoms with Gasteiger partial charge in [0, 0.05) is 37.2 Å². The standard InChI is InChI=1S/C17H18N4O/c1-3-21-9-14-15(10-21)18-11-19-17(14)22-13-4-5-16-12(8-13)6-7-20(16)2/h4-8,11H,3,9-10H2,1-2H3. The summed E-state index contributed by atoms with van der Waals surface area (Å²) in [5, 5.41) is 1.17. The topological polar surface area (TPSA) is 43.2 Å². The smallest absolute Gasteiger partial charge is 0.227 e. The van der Waals surface area contributed by atoms with Crippen molar-refractivity contribution in [1.29, 1.82) is 0 Å². The van der Waals surface area contributed by atoms with E-state index in [1.807, 2.05) is 13.1 Å². The summed E-state index contributed by atoms with van der Waals surface area (Å²) in [6, 6.07) is 8.20. The summed E-state index contributed by atoms with van der Waals surface area (Å²) in [6.45, 7) is 4.90. The first kappa shape index (κ1) is 13.3. The van der Waals surface area contributed by atoms with Crippen LogP contribution in [0.4, 0.5) is 0 Å².